The molecule has 0 heterocycles. The van der Waals surface area contributed by atoms with Gasteiger partial charge in [0.1, 0.15) is 12.2 Å². The molecule has 0 saturated heterocycles. The molecule has 0 aliphatic heterocycles. The van der Waals surface area contributed by atoms with E-state index in [0.717, 1.165) is 16.7 Å². The molecule has 1 atom stereocenters. The van der Waals surface area contributed by atoms with E-state index < -0.39 is 5.97 Å². The summed E-state index contributed by atoms with van der Waals surface area (Å²) >= 11 is 0. The predicted octanol–water partition coefficient (Wildman–Crippen LogP) is 5.23. The first-order chi connectivity index (χ1) is 13.8. The molecule has 0 spiro atoms. The van der Waals surface area contributed by atoms with Crippen molar-refractivity contribution in [3.8, 4) is 0 Å². The standard InChI is InChI=1S/C25H38O5/c1-9-29-22(27)14-18(13-21(26)16-23(28)30-10-2)17-11-19(24(3,4)5)15-20(12-17)25(6,7)8/h11-12,15,18H,9-10,13-14,16H2,1-8H3. The number of hydrogen-bond donors (Lipinski definition) is 0. The Morgan fingerprint density at radius 3 is 1.67 bits per heavy atom. The number of benzene rings is 1. The summed E-state index contributed by atoms with van der Waals surface area (Å²) in [7, 11) is 0. The smallest absolute Gasteiger partial charge is 0.313 e. The molecule has 5 nitrogen and oxygen atoms in total. The molecule has 1 aromatic rings. The Kier molecular flexibility index (Phi) is 9.26. The first-order valence-electron chi connectivity index (χ1n) is 10.8. The topological polar surface area (TPSA) is 69.7 Å². The van der Waals surface area contributed by atoms with Crippen LogP contribution in [0.1, 0.15) is 97.3 Å². The fourth-order valence-corrected chi connectivity index (χ4v) is 3.20. The van der Waals surface area contributed by atoms with E-state index >= 15 is 0 Å². The number of esters is 2. The Bertz CT molecular complexity index is 718. The summed E-state index contributed by atoms with van der Waals surface area (Å²) in [5.41, 5.74) is 3.06. The maximum absolute atomic E-state index is 12.6. The van der Waals surface area contributed by atoms with E-state index in [1.807, 2.05) is 0 Å². The van der Waals surface area contributed by atoms with Crippen molar-refractivity contribution in [3.63, 3.8) is 0 Å². The van der Waals surface area contributed by atoms with Crippen LogP contribution >= 0.6 is 0 Å². The van der Waals surface area contributed by atoms with Gasteiger partial charge < -0.3 is 9.47 Å². The third-order valence-electron chi connectivity index (χ3n) is 5.00. The lowest BCUT2D eigenvalue weighted by atomic mass is 9.77. The maximum Gasteiger partial charge on any atom is 0.313 e. The van der Waals surface area contributed by atoms with Crippen molar-refractivity contribution < 1.29 is 23.9 Å². The molecule has 1 rings (SSSR count). The molecule has 0 bridgehead atoms. The zero-order chi connectivity index (χ0) is 23.1. The Hall–Kier alpha value is -2.17. The summed E-state index contributed by atoms with van der Waals surface area (Å²) in [6.07, 6.45) is -0.0906. The number of carbonyl (C=O) groups is 3. The molecule has 0 fully saturated rings. The molecule has 1 unspecified atom stereocenters. The van der Waals surface area contributed by atoms with Gasteiger partial charge in [-0.05, 0) is 41.4 Å². The third-order valence-corrected chi connectivity index (χ3v) is 5.00. The molecule has 0 aromatic heterocycles. The van der Waals surface area contributed by atoms with Crippen LogP contribution in [0, 0.1) is 0 Å². The highest BCUT2D eigenvalue weighted by Gasteiger charge is 2.26. The van der Waals surface area contributed by atoms with Gasteiger partial charge in [0.2, 0.25) is 0 Å². The summed E-state index contributed by atoms with van der Waals surface area (Å²) in [5.74, 6) is -1.46. The van der Waals surface area contributed by atoms with Crippen molar-refractivity contribution in [2.24, 2.45) is 0 Å². The second-order valence-corrected chi connectivity index (χ2v) is 9.77. The van der Waals surface area contributed by atoms with Crippen LogP contribution in [0.4, 0.5) is 0 Å². The first kappa shape index (κ1) is 25.9. The van der Waals surface area contributed by atoms with Crippen molar-refractivity contribution in [1.29, 1.82) is 0 Å². The molecule has 0 N–H and O–H groups in total. The van der Waals surface area contributed by atoms with Gasteiger partial charge in [-0.2, -0.15) is 0 Å². The van der Waals surface area contributed by atoms with E-state index in [-0.39, 0.29) is 61.0 Å². The van der Waals surface area contributed by atoms with Crippen LogP contribution in [0.3, 0.4) is 0 Å². The van der Waals surface area contributed by atoms with Gasteiger partial charge in [-0.15, -0.1) is 0 Å². The number of hydrogen-bond acceptors (Lipinski definition) is 5. The molecule has 0 aliphatic rings. The average molecular weight is 419 g/mol. The number of rotatable bonds is 9. The Morgan fingerprint density at radius 2 is 1.23 bits per heavy atom. The molecule has 0 saturated carbocycles. The average Bonchev–Trinajstić information content (AvgIpc) is 2.59. The number of ether oxygens (including phenoxy) is 2. The normalized spacial score (nSPS) is 12.9. The van der Waals surface area contributed by atoms with Crippen molar-refractivity contribution >= 4 is 17.7 Å². The monoisotopic (exact) mass is 418 g/mol. The van der Waals surface area contributed by atoms with Gasteiger partial charge in [-0.1, -0.05) is 59.7 Å². The Balaban J connectivity index is 3.35. The van der Waals surface area contributed by atoms with E-state index in [9.17, 15) is 14.4 Å². The Labute approximate surface area is 181 Å². The minimum Gasteiger partial charge on any atom is -0.466 e. The summed E-state index contributed by atoms with van der Waals surface area (Å²) < 4.78 is 10.0. The van der Waals surface area contributed by atoms with Crippen LogP contribution < -0.4 is 0 Å². The van der Waals surface area contributed by atoms with Crippen LogP contribution in [0.5, 0.6) is 0 Å². The highest BCUT2D eigenvalue weighted by Crippen LogP contribution is 2.35. The van der Waals surface area contributed by atoms with E-state index in [1.54, 1.807) is 13.8 Å². The minimum atomic E-state index is -0.531. The molecule has 0 radical (unpaired) electrons. The highest BCUT2D eigenvalue weighted by atomic mass is 16.5. The third kappa shape index (κ3) is 8.29. The van der Waals surface area contributed by atoms with E-state index in [1.165, 1.54) is 0 Å². The summed E-state index contributed by atoms with van der Waals surface area (Å²) in [6.45, 7) is 16.9. The van der Waals surface area contributed by atoms with Crippen molar-refractivity contribution in [1.82, 2.24) is 0 Å². The van der Waals surface area contributed by atoms with Gasteiger partial charge in [0.15, 0.2) is 0 Å². The van der Waals surface area contributed by atoms with Crippen LogP contribution in [0.15, 0.2) is 18.2 Å². The van der Waals surface area contributed by atoms with Gasteiger partial charge in [-0.25, -0.2) is 0 Å². The molecule has 0 amide bonds. The van der Waals surface area contributed by atoms with Gasteiger partial charge in [0.25, 0.3) is 0 Å². The lowest BCUT2D eigenvalue weighted by Crippen LogP contribution is -2.20. The van der Waals surface area contributed by atoms with Crippen LogP contribution in [0.2, 0.25) is 0 Å². The zero-order valence-corrected chi connectivity index (χ0v) is 19.9. The lowest BCUT2D eigenvalue weighted by Gasteiger charge is -2.28. The number of Topliss-reactive ketones (excluding diaryl/α,β-unsaturated/α-hetero) is 1. The van der Waals surface area contributed by atoms with Crippen LogP contribution in [0.25, 0.3) is 0 Å². The zero-order valence-electron chi connectivity index (χ0n) is 19.9. The summed E-state index contributed by atoms with van der Waals surface area (Å²) in [5, 5.41) is 0. The molecular formula is C25H38O5. The molecule has 30 heavy (non-hydrogen) atoms. The van der Waals surface area contributed by atoms with E-state index in [0.29, 0.717) is 0 Å². The largest absolute Gasteiger partial charge is 0.466 e. The first-order valence-corrected chi connectivity index (χ1v) is 10.8. The minimum absolute atomic E-state index is 0.0839. The van der Waals surface area contributed by atoms with Crippen molar-refractivity contribution in [2.45, 2.75) is 91.4 Å². The summed E-state index contributed by atoms with van der Waals surface area (Å²) in [4.78, 5) is 36.6. The van der Waals surface area contributed by atoms with Crippen molar-refractivity contribution in [2.75, 3.05) is 13.2 Å². The SMILES string of the molecule is CCOC(=O)CC(=O)CC(CC(=O)OCC)c1cc(C(C)(C)C)cc(C(C)(C)C)c1. The fraction of sp³-hybridized carbons (Fsp3) is 0.640. The molecule has 1 aromatic carbocycles. The maximum atomic E-state index is 12.6. The quantitative estimate of drug-likeness (QED) is 0.406. The Morgan fingerprint density at radius 1 is 0.767 bits per heavy atom. The van der Waals surface area contributed by atoms with Gasteiger partial charge >= 0.3 is 11.9 Å². The number of ketones is 1. The second kappa shape index (κ2) is 10.7. The van der Waals surface area contributed by atoms with Gasteiger partial charge in [0.05, 0.1) is 19.6 Å². The van der Waals surface area contributed by atoms with Gasteiger partial charge in [-0.3, -0.25) is 14.4 Å². The van der Waals surface area contributed by atoms with E-state index in [4.69, 9.17) is 9.47 Å². The number of carbonyl (C=O) groups excluding carboxylic acids is 3. The molecule has 5 heteroatoms. The van der Waals surface area contributed by atoms with Crippen molar-refractivity contribution in [3.05, 3.63) is 34.9 Å². The molecule has 0 aliphatic carbocycles. The molecular weight excluding hydrogens is 380 g/mol. The lowest BCUT2D eigenvalue weighted by molar-refractivity contribution is -0.145. The summed E-state index contributed by atoms with van der Waals surface area (Å²) in [6, 6.07) is 6.36. The molecule has 168 valence electrons. The fourth-order valence-electron chi connectivity index (χ4n) is 3.20. The highest BCUT2D eigenvalue weighted by molar-refractivity contribution is 5.96. The predicted molar refractivity (Wildman–Crippen MR) is 119 cm³/mol. The van der Waals surface area contributed by atoms with E-state index in [2.05, 4.69) is 59.7 Å². The second-order valence-electron chi connectivity index (χ2n) is 9.77. The van der Waals surface area contributed by atoms with Gasteiger partial charge in [0, 0.05) is 12.3 Å². The van der Waals surface area contributed by atoms with Crippen LogP contribution in [-0.2, 0) is 34.7 Å². The van der Waals surface area contributed by atoms with Crippen LogP contribution in [-0.4, -0.2) is 30.9 Å².